The van der Waals surface area contributed by atoms with E-state index >= 15 is 0 Å². The number of phenols is 1. The van der Waals surface area contributed by atoms with E-state index in [1.807, 2.05) is 6.07 Å². The first-order valence-corrected chi connectivity index (χ1v) is 13.9. The van der Waals surface area contributed by atoms with Gasteiger partial charge in [0.2, 0.25) is 5.91 Å². The van der Waals surface area contributed by atoms with E-state index in [0.29, 0.717) is 43.9 Å². The third-order valence-electron chi connectivity index (χ3n) is 9.13. The van der Waals surface area contributed by atoms with Crippen molar-refractivity contribution in [2.24, 2.45) is 11.8 Å². The zero-order chi connectivity index (χ0) is 25.4. The Kier molecular flexibility index (Phi) is 7.85. The van der Waals surface area contributed by atoms with E-state index in [0.717, 1.165) is 37.1 Å². The lowest BCUT2D eigenvalue weighted by Crippen LogP contribution is -2.73. The average Bonchev–Trinajstić information content (AvgIpc) is 3.62. The minimum atomic E-state index is -1.12. The summed E-state index contributed by atoms with van der Waals surface area (Å²) in [5.41, 5.74) is 0.306. The largest absolute Gasteiger partial charge is 0.508 e. The molecule has 3 aliphatic rings. The molecule has 0 unspecified atom stereocenters. The molecule has 6 nitrogen and oxygen atoms in total. The zero-order valence-corrected chi connectivity index (χ0v) is 22.1. The molecule has 1 aromatic rings. The monoisotopic (exact) mass is 486 g/mol. The number of fused-ring (bicyclic) bond motifs is 3. The summed E-state index contributed by atoms with van der Waals surface area (Å²) < 4.78 is 0. The highest BCUT2D eigenvalue weighted by Gasteiger charge is 2.63. The quantitative estimate of drug-likeness (QED) is 0.403. The molecule has 1 aromatic carbocycles. The predicted molar refractivity (Wildman–Crippen MR) is 138 cm³/mol. The number of phenolic OH excluding ortho intramolecular Hbond substituents is 1. The van der Waals surface area contributed by atoms with Crippen molar-refractivity contribution in [2.45, 2.75) is 115 Å². The molecule has 6 heteroatoms. The summed E-state index contributed by atoms with van der Waals surface area (Å²) in [6.45, 7) is 10.4. The second-order valence-electron chi connectivity index (χ2n) is 11.9. The lowest BCUT2D eigenvalue weighted by Gasteiger charge is -2.62. The summed E-state index contributed by atoms with van der Waals surface area (Å²) in [4.78, 5) is 15.2. The van der Waals surface area contributed by atoms with Gasteiger partial charge in [0.15, 0.2) is 0 Å². The summed E-state index contributed by atoms with van der Waals surface area (Å²) in [7, 11) is 0. The van der Waals surface area contributed by atoms with E-state index in [1.54, 1.807) is 12.1 Å². The van der Waals surface area contributed by atoms with E-state index in [-0.39, 0.29) is 17.7 Å². The molecule has 0 aromatic heterocycles. The van der Waals surface area contributed by atoms with Gasteiger partial charge in [-0.15, -0.1) is 0 Å². The lowest BCUT2D eigenvalue weighted by atomic mass is 9.50. The second-order valence-corrected chi connectivity index (χ2v) is 11.9. The highest BCUT2D eigenvalue weighted by Crippen LogP contribution is 2.56. The predicted octanol–water partition coefficient (Wildman–Crippen LogP) is 3.89. The summed E-state index contributed by atoms with van der Waals surface area (Å²) in [6.07, 6.45) is 6.07. The number of likely N-dealkylation sites (N-methyl/N-ethyl adjacent to an activating group) is 1. The Bertz CT molecular complexity index is 901. The van der Waals surface area contributed by atoms with Crippen LogP contribution in [0, 0.1) is 11.8 Å². The lowest BCUT2D eigenvalue weighted by molar-refractivity contribution is -0.166. The van der Waals surface area contributed by atoms with Crippen LogP contribution in [0.1, 0.15) is 90.2 Å². The van der Waals surface area contributed by atoms with Crippen LogP contribution < -0.4 is 5.32 Å². The third-order valence-corrected chi connectivity index (χ3v) is 9.13. The maximum absolute atomic E-state index is 12.8. The van der Waals surface area contributed by atoms with Crippen molar-refractivity contribution >= 4 is 5.91 Å². The molecular weight excluding hydrogens is 440 g/mol. The number of aliphatic hydroxyl groups is 2. The van der Waals surface area contributed by atoms with E-state index < -0.39 is 23.2 Å². The number of rotatable bonds is 10. The molecule has 0 heterocycles. The number of aliphatic hydroxyl groups excluding tert-OH is 1. The smallest absolute Gasteiger partial charge is 0.220 e. The van der Waals surface area contributed by atoms with Crippen molar-refractivity contribution < 1.29 is 20.1 Å². The molecule has 5 atom stereocenters. The number of nitrogens with one attached hydrogen (secondary N) is 1. The van der Waals surface area contributed by atoms with Gasteiger partial charge < -0.3 is 20.6 Å². The van der Waals surface area contributed by atoms with Crippen LogP contribution in [0.2, 0.25) is 0 Å². The van der Waals surface area contributed by atoms with Crippen LogP contribution in [0.5, 0.6) is 5.75 Å². The minimum Gasteiger partial charge on any atom is -0.508 e. The number of nitrogens with zero attached hydrogens (tertiary/aromatic N) is 1. The van der Waals surface area contributed by atoms with Crippen LogP contribution in [0.15, 0.2) is 18.2 Å². The van der Waals surface area contributed by atoms with Crippen molar-refractivity contribution in [3.8, 4) is 5.75 Å². The van der Waals surface area contributed by atoms with E-state index in [1.165, 1.54) is 12.8 Å². The van der Waals surface area contributed by atoms with Gasteiger partial charge in [-0.1, -0.05) is 40.2 Å². The number of benzene rings is 1. The van der Waals surface area contributed by atoms with Crippen molar-refractivity contribution in [3.63, 3.8) is 0 Å². The first-order chi connectivity index (χ1) is 16.6. The van der Waals surface area contributed by atoms with Gasteiger partial charge in [-0.3, -0.25) is 9.69 Å². The van der Waals surface area contributed by atoms with Crippen LogP contribution in [-0.2, 0) is 16.6 Å². The summed E-state index contributed by atoms with van der Waals surface area (Å²) in [5, 5.41) is 37.5. The van der Waals surface area contributed by atoms with Crippen LogP contribution >= 0.6 is 0 Å². The molecule has 2 saturated carbocycles. The Balaban J connectivity index is 1.67. The number of amides is 1. The normalized spacial score (nSPS) is 32.4. The SMILES string of the molecule is CCN(CC1CC1)[C@@H]1Cc2ccc(O)cc2[C@@]2(CC)C[C@@H](O)[C@@H](NC(=O)CCCC(C)C)C[C@@]12O. The molecule has 0 radical (unpaired) electrons. The van der Waals surface area contributed by atoms with Crippen molar-refractivity contribution in [1.29, 1.82) is 0 Å². The van der Waals surface area contributed by atoms with E-state index in [4.69, 9.17) is 0 Å². The minimum absolute atomic E-state index is 0.0435. The third kappa shape index (κ3) is 5.12. The Morgan fingerprint density at radius 1 is 1.23 bits per heavy atom. The zero-order valence-electron chi connectivity index (χ0n) is 22.1. The standard InChI is InChI=1S/C29H46N2O4/c1-5-28-17-25(33)24(30-27(34)9-7-8-19(3)4)16-29(28,35)26(31(6-2)18-20-10-11-20)14-21-12-13-22(32)15-23(21)28/h12-13,15,19-20,24-26,32-33,35H,5-11,14,16-18H2,1-4H3,(H,30,34)/t24-,25+,26+,28+,29+/m0/s1. The maximum atomic E-state index is 12.8. The van der Waals surface area contributed by atoms with Gasteiger partial charge in [0, 0.05) is 30.8 Å². The van der Waals surface area contributed by atoms with Gasteiger partial charge in [-0.2, -0.15) is 0 Å². The highest BCUT2D eigenvalue weighted by molar-refractivity contribution is 5.76. The molecule has 0 aliphatic heterocycles. The molecule has 35 heavy (non-hydrogen) atoms. The van der Waals surface area contributed by atoms with Gasteiger partial charge in [0.25, 0.3) is 0 Å². The number of hydrogen-bond donors (Lipinski definition) is 4. The molecule has 0 saturated heterocycles. The van der Waals surface area contributed by atoms with E-state index in [9.17, 15) is 20.1 Å². The molecule has 4 N–H and O–H groups in total. The fraction of sp³-hybridized carbons (Fsp3) is 0.759. The first kappa shape index (κ1) is 26.4. The molecule has 1 amide bonds. The molecular formula is C29H46N2O4. The fourth-order valence-corrected chi connectivity index (χ4v) is 6.98. The Morgan fingerprint density at radius 2 is 1.97 bits per heavy atom. The summed E-state index contributed by atoms with van der Waals surface area (Å²) in [5.74, 6) is 1.40. The average molecular weight is 487 g/mol. The highest BCUT2D eigenvalue weighted by atomic mass is 16.3. The van der Waals surface area contributed by atoms with Gasteiger partial charge >= 0.3 is 0 Å². The van der Waals surface area contributed by atoms with Crippen molar-refractivity contribution in [2.75, 3.05) is 13.1 Å². The molecule has 2 fully saturated rings. The Labute approximate surface area is 211 Å². The van der Waals surface area contributed by atoms with Crippen LogP contribution in [0.4, 0.5) is 0 Å². The topological polar surface area (TPSA) is 93.0 Å². The summed E-state index contributed by atoms with van der Waals surface area (Å²) >= 11 is 0. The second kappa shape index (κ2) is 10.4. The molecule has 196 valence electrons. The van der Waals surface area contributed by atoms with Crippen molar-refractivity contribution in [1.82, 2.24) is 10.2 Å². The van der Waals surface area contributed by atoms with Gasteiger partial charge in [0.1, 0.15) is 5.75 Å². The Hall–Kier alpha value is -1.63. The summed E-state index contributed by atoms with van der Waals surface area (Å²) in [6, 6.07) is 4.95. The first-order valence-electron chi connectivity index (χ1n) is 13.9. The molecule has 0 spiro atoms. The van der Waals surface area contributed by atoms with Crippen LogP contribution in [-0.4, -0.2) is 63.0 Å². The molecule has 3 aliphatic carbocycles. The van der Waals surface area contributed by atoms with Crippen LogP contribution in [0.3, 0.4) is 0 Å². The number of aromatic hydroxyl groups is 1. The number of hydrogen-bond acceptors (Lipinski definition) is 5. The van der Waals surface area contributed by atoms with Gasteiger partial charge in [-0.05, 0) is 80.2 Å². The van der Waals surface area contributed by atoms with Crippen LogP contribution in [0.25, 0.3) is 0 Å². The van der Waals surface area contributed by atoms with Gasteiger partial charge in [0.05, 0.1) is 17.7 Å². The molecule has 4 rings (SSSR count). The Morgan fingerprint density at radius 3 is 2.60 bits per heavy atom. The fourth-order valence-electron chi connectivity index (χ4n) is 6.98. The van der Waals surface area contributed by atoms with Crippen molar-refractivity contribution in [3.05, 3.63) is 29.3 Å². The molecule has 0 bridgehead atoms. The number of carbonyl (C=O) groups excluding carboxylic acids is 1. The number of carbonyl (C=O) groups is 1. The van der Waals surface area contributed by atoms with Gasteiger partial charge in [-0.25, -0.2) is 0 Å². The maximum Gasteiger partial charge on any atom is 0.220 e. The van der Waals surface area contributed by atoms with E-state index in [2.05, 4.69) is 37.9 Å².